The average Bonchev–Trinajstić information content (AvgIpc) is 2.99. The van der Waals surface area contributed by atoms with Crippen molar-refractivity contribution in [2.45, 2.75) is 13.5 Å². The lowest BCUT2D eigenvalue weighted by atomic mass is 9.92. The quantitative estimate of drug-likeness (QED) is 0.486. The molecule has 134 valence electrons. The number of carbonyl (C=O) groups is 2. The Labute approximate surface area is 147 Å². The third kappa shape index (κ3) is 2.88. The molecule has 9 nitrogen and oxygen atoms in total. The number of aliphatic hydroxyl groups is 1. The third-order valence-electron chi connectivity index (χ3n) is 3.90. The first-order valence-corrected chi connectivity index (χ1v) is 7.68. The van der Waals surface area contributed by atoms with Crippen LogP contribution in [0.1, 0.15) is 32.1 Å². The lowest BCUT2D eigenvalue weighted by molar-refractivity contribution is -0.384. The maximum absolute atomic E-state index is 12.5. The number of aliphatic hydroxyl groups excluding tert-OH is 1. The molecule has 0 unspecified atom stereocenters. The molecule has 0 aliphatic carbocycles. The van der Waals surface area contributed by atoms with Crippen LogP contribution in [0.4, 0.5) is 5.69 Å². The molecule has 0 saturated heterocycles. The lowest BCUT2D eigenvalue weighted by Crippen LogP contribution is -2.16. The van der Waals surface area contributed by atoms with Gasteiger partial charge >= 0.3 is 11.9 Å². The SMILES string of the molecule is Cc1nc2c(c(-c3ccccc3[N+](=O)[O-])c1C(=O)OCCO)C(=O)OC2. The van der Waals surface area contributed by atoms with Gasteiger partial charge < -0.3 is 14.6 Å². The van der Waals surface area contributed by atoms with Crippen LogP contribution in [0.5, 0.6) is 0 Å². The van der Waals surface area contributed by atoms with Crippen LogP contribution in [0.25, 0.3) is 11.1 Å². The number of hydrogen-bond donors (Lipinski definition) is 1. The van der Waals surface area contributed by atoms with Gasteiger partial charge in [-0.25, -0.2) is 9.59 Å². The van der Waals surface area contributed by atoms with Crippen molar-refractivity contribution in [3.8, 4) is 11.1 Å². The molecule has 0 fully saturated rings. The predicted molar refractivity (Wildman–Crippen MR) is 87.6 cm³/mol. The van der Waals surface area contributed by atoms with E-state index in [-0.39, 0.29) is 53.5 Å². The van der Waals surface area contributed by atoms with Gasteiger partial charge in [-0.05, 0) is 13.0 Å². The zero-order valence-corrected chi connectivity index (χ0v) is 13.7. The molecular formula is C17H14N2O7. The Kier molecular flexibility index (Phi) is 4.63. The van der Waals surface area contributed by atoms with Gasteiger partial charge in [-0.2, -0.15) is 0 Å². The molecule has 9 heteroatoms. The monoisotopic (exact) mass is 358 g/mol. The Balaban J connectivity index is 2.34. The first kappa shape index (κ1) is 17.5. The number of fused-ring (bicyclic) bond motifs is 1. The van der Waals surface area contributed by atoms with E-state index in [1.165, 1.54) is 25.1 Å². The molecule has 0 atom stereocenters. The highest BCUT2D eigenvalue weighted by atomic mass is 16.6. The zero-order valence-electron chi connectivity index (χ0n) is 13.7. The number of rotatable bonds is 5. The summed E-state index contributed by atoms with van der Waals surface area (Å²) in [6.45, 7) is 0.827. The van der Waals surface area contributed by atoms with Gasteiger partial charge in [0.2, 0.25) is 0 Å². The van der Waals surface area contributed by atoms with Crippen LogP contribution in [-0.4, -0.2) is 40.2 Å². The van der Waals surface area contributed by atoms with Crippen LogP contribution in [0, 0.1) is 17.0 Å². The molecule has 0 bridgehead atoms. The van der Waals surface area contributed by atoms with Crippen LogP contribution < -0.4 is 0 Å². The van der Waals surface area contributed by atoms with E-state index in [1.54, 1.807) is 6.07 Å². The Bertz CT molecular complexity index is 924. The summed E-state index contributed by atoms with van der Waals surface area (Å²) in [5, 5.41) is 20.3. The molecule has 3 rings (SSSR count). The molecule has 26 heavy (non-hydrogen) atoms. The maximum atomic E-state index is 12.5. The number of aromatic nitrogens is 1. The van der Waals surface area contributed by atoms with Crippen molar-refractivity contribution in [1.82, 2.24) is 4.98 Å². The molecule has 0 saturated carbocycles. The summed E-state index contributed by atoms with van der Waals surface area (Å²) < 4.78 is 9.96. The number of para-hydroxylation sites is 1. The summed E-state index contributed by atoms with van der Waals surface area (Å²) in [6, 6.07) is 5.77. The first-order chi connectivity index (χ1) is 12.5. The van der Waals surface area contributed by atoms with Gasteiger partial charge in [0.05, 0.1) is 39.6 Å². The molecule has 1 N–H and O–H groups in total. The van der Waals surface area contributed by atoms with E-state index in [0.29, 0.717) is 5.69 Å². The summed E-state index contributed by atoms with van der Waals surface area (Å²) in [4.78, 5) is 39.8. The molecule has 0 amide bonds. The van der Waals surface area contributed by atoms with E-state index in [9.17, 15) is 19.7 Å². The Morgan fingerprint density at radius 3 is 2.81 bits per heavy atom. The number of carbonyl (C=O) groups excluding carboxylic acids is 2. The van der Waals surface area contributed by atoms with Gasteiger partial charge in [0.25, 0.3) is 5.69 Å². The molecule has 2 heterocycles. The number of nitrogens with zero attached hydrogens (tertiary/aromatic N) is 2. The molecule has 0 spiro atoms. The van der Waals surface area contributed by atoms with Crippen molar-refractivity contribution in [3.63, 3.8) is 0 Å². The fourth-order valence-electron chi connectivity index (χ4n) is 2.87. The molecule has 1 aliphatic rings. The van der Waals surface area contributed by atoms with E-state index in [4.69, 9.17) is 14.6 Å². The second-order valence-electron chi connectivity index (χ2n) is 5.48. The highest BCUT2D eigenvalue weighted by Gasteiger charge is 2.35. The standard InChI is InChI=1S/C17H14N2O7/c1-9-13(16(21)25-7-6-20)14(15-11(18-9)8-26-17(15)22)10-4-2-3-5-12(10)19(23)24/h2-5,20H,6-8H2,1H3. The van der Waals surface area contributed by atoms with Crippen molar-refractivity contribution < 1.29 is 29.1 Å². The van der Waals surface area contributed by atoms with Crippen molar-refractivity contribution in [2.75, 3.05) is 13.2 Å². The second-order valence-corrected chi connectivity index (χ2v) is 5.48. The maximum Gasteiger partial charge on any atom is 0.341 e. The molecule has 0 radical (unpaired) electrons. The molecule has 1 aromatic heterocycles. The lowest BCUT2D eigenvalue weighted by Gasteiger charge is -2.14. The Morgan fingerprint density at radius 2 is 2.12 bits per heavy atom. The van der Waals surface area contributed by atoms with Gasteiger partial charge in [0.15, 0.2) is 0 Å². The molecule has 1 aromatic carbocycles. The normalized spacial score (nSPS) is 12.5. The first-order valence-electron chi connectivity index (χ1n) is 7.68. The number of nitro groups is 1. The number of benzene rings is 1. The van der Waals surface area contributed by atoms with E-state index in [2.05, 4.69) is 4.98 Å². The van der Waals surface area contributed by atoms with Gasteiger partial charge in [-0.3, -0.25) is 15.1 Å². The second kappa shape index (κ2) is 6.89. The number of ether oxygens (including phenoxy) is 2. The minimum absolute atomic E-state index is 0.0147. The minimum Gasteiger partial charge on any atom is -0.460 e. The van der Waals surface area contributed by atoms with Crippen LogP contribution in [0.15, 0.2) is 24.3 Å². The highest BCUT2D eigenvalue weighted by Crippen LogP contribution is 2.39. The van der Waals surface area contributed by atoms with Gasteiger partial charge in [0.1, 0.15) is 13.2 Å². The molecule has 1 aliphatic heterocycles. The zero-order chi connectivity index (χ0) is 18.8. The number of esters is 2. The van der Waals surface area contributed by atoms with Crippen molar-refractivity contribution in [1.29, 1.82) is 0 Å². The smallest absolute Gasteiger partial charge is 0.341 e. The average molecular weight is 358 g/mol. The molecular weight excluding hydrogens is 344 g/mol. The summed E-state index contributed by atoms with van der Waals surface area (Å²) in [5.41, 5.74) is 0.388. The Hall–Kier alpha value is -3.33. The van der Waals surface area contributed by atoms with Gasteiger partial charge in [-0.1, -0.05) is 12.1 Å². The van der Waals surface area contributed by atoms with Crippen molar-refractivity contribution in [3.05, 3.63) is 56.9 Å². The fourth-order valence-corrected chi connectivity index (χ4v) is 2.87. The summed E-state index contributed by atoms with van der Waals surface area (Å²) in [7, 11) is 0. The molecule has 2 aromatic rings. The van der Waals surface area contributed by atoms with Crippen molar-refractivity contribution >= 4 is 17.6 Å². The number of hydrogen-bond acceptors (Lipinski definition) is 8. The summed E-state index contributed by atoms with van der Waals surface area (Å²) >= 11 is 0. The summed E-state index contributed by atoms with van der Waals surface area (Å²) in [5.74, 6) is -1.54. The van der Waals surface area contributed by atoms with Gasteiger partial charge in [0, 0.05) is 11.6 Å². The van der Waals surface area contributed by atoms with Crippen LogP contribution >= 0.6 is 0 Å². The summed E-state index contributed by atoms with van der Waals surface area (Å²) in [6.07, 6.45) is 0. The largest absolute Gasteiger partial charge is 0.460 e. The number of nitro benzene ring substituents is 1. The minimum atomic E-state index is -0.834. The Morgan fingerprint density at radius 1 is 1.38 bits per heavy atom. The highest BCUT2D eigenvalue weighted by molar-refractivity contribution is 6.09. The van der Waals surface area contributed by atoms with E-state index in [1.807, 2.05) is 0 Å². The van der Waals surface area contributed by atoms with Crippen LogP contribution in [0.3, 0.4) is 0 Å². The van der Waals surface area contributed by atoms with Crippen molar-refractivity contribution in [2.24, 2.45) is 0 Å². The number of pyridine rings is 1. The van der Waals surface area contributed by atoms with Crippen LogP contribution in [-0.2, 0) is 16.1 Å². The van der Waals surface area contributed by atoms with E-state index >= 15 is 0 Å². The topological polar surface area (TPSA) is 129 Å². The fraction of sp³-hybridized carbons (Fsp3) is 0.235. The van der Waals surface area contributed by atoms with Gasteiger partial charge in [-0.15, -0.1) is 0 Å². The van der Waals surface area contributed by atoms with Crippen LogP contribution in [0.2, 0.25) is 0 Å². The number of aryl methyl sites for hydroxylation is 1. The van der Waals surface area contributed by atoms with E-state index < -0.39 is 16.9 Å². The third-order valence-corrected chi connectivity index (χ3v) is 3.90. The number of cyclic esters (lactones) is 1. The van der Waals surface area contributed by atoms with E-state index in [0.717, 1.165) is 0 Å². The predicted octanol–water partition coefficient (Wildman–Crippen LogP) is 1.78.